The molecule has 1 unspecified atom stereocenters. The minimum absolute atomic E-state index is 0.384. The number of benzene rings is 1. The molecular formula is C14H20N4OS. The van der Waals surface area contributed by atoms with E-state index in [1.54, 1.807) is 0 Å². The van der Waals surface area contributed by atoms with Crippen molar-refractivity contribution >= 4 is 11.8 Å². The number of thioether (sulfide) groups is 1. The lowest BCUT2D eigenvalue weighted by atomic mass is 10.1. The van der Waals surface area contributed by atoms with E-state index in [-0.39, 0.29) is 0 Å². The van der Waals surface area contributed by atoms with E-state index in [9.17, 15) is 5.11 Å². The molecule has 1 aromatic heterocycles. The van der Waals surface area contributed by atoms with E-state index >= 15 is 0 Å². The predicted octanol–water partition coefficient (Wildman–Crippen LogP) is 1.97. The molecule has 0 aliphatic carbocycles. The molecule has 2 aromatic rings. The second-order valence-electron chi connectivity index (χ2n) is 4.49. The van der Waals surface area contributed by atoms with E-state index in [1.165, 1.54) is 11.8 Å². The molecule has 0 fully saturated rings. The standard InChI is InChI=1S/C14H20N4OS/c1-2-8-18-13(9-15)16-17-14(18)20-10-12(19)11-6-4-3-5-7-11/h3-7,12,19H,2,8-10,15H2,1H3. The molecule has 3 N–H and O–H groups in total. The third kappa shape index (κ3) is 3.59. The molecule has 108 valence electrons. The van der Waals surface area contributed by atoms with Crippen molar-refractivity contribution in [2.24, 2.45) is 5.73 Å². The Hall–Kier alpha value is -1.37. The summed E-state index contributed by atoms with van der Waals surface area (Å²) in [4.78, 5) is 0. The second kappa shape index (κ2) is 7.42. The predicted molar refractivity (Wildman–Crippen MR) is 80.3 cm³/mol. The van der Waals surface area contributed by atoms with Crippen LogP contribution in [0.15, 0.2) is 35.5 Å². The maximum atomic E-state index is 10.2. The summed E-state index contributed by atoms with van der Waals surface area (Å²) in [6.45, 7) is 3.34. The maximum absolute atomic E-state index is 10.2. The van der Waals surface area contributed by atoms with E-state index < -0.39 is 6.10 Å². The van der Waals surface area contributed by atoms with Gasteiger partial charge in [0.05, 0.1) is 12.6 Å². The Labute approximate surface area is 123 Å². The van der Waals surface area contributed by atoms with Crippen LogP contribution in [0.25, 0.3) is 0 Å². The van der Waals surface area contributed by atoms with E-state index in [4.69, 9.17) is 5.73 Å². The highest BCUT2D eigenvalue weighted by molar-refractivity contribution is 7.99. The normalized spacial score (nSPS) is 12.6. The van der Waals surface area contributed by atoms with Gasteiger partial charge in [-0.25, -0.2) is 0 Å². The molecule has 0 bridgehead atoms. The molecule has 0 radical (unpaired) electrons. The molecule has 1 atom stereocenters. The average Bonchev–Trinajstić information content (AvgIpc) is 2.88. The minimum Gasteiger partial charge on any atom is -0.388 e. The first-order chi connectivity index (χ1) is 9.76. The molecule has 6 heteroatoms. The zero-order chi connectivity index (χ0) is 14.4. The van der Waals surface area contributed by atoms with Crippen LogP contribution in [0, 0.1) is 0 Å². The summed E-state index contributed by atoms with van der Waals surface area (Å²) in [6, 6.07) is 9.64. The van der Waals surface area contributed by atoms with Gasteiger partial charge in [-0.1, -0.05) is 49.0 Å². The third-order valence-electron chi connectivity index (χ3n) is 2.98. The van der Waals surface area contributed by atoms with E-state index in [1.807, 2.05) is 34.9 Å². The second-order valence-corrected chi connectivity index (χ2v) is 5.48. The maximum Gasteiger partial charge on any atom is 0.191 e. The number of aromatic nitrogens is 3. The lowest BCUT2D eigenvalue weighted by Crippen LogP contribution is -2.10. The lowest BCUT2D eigenvalue weighted by Gasteiger charge is -2.11. The summed E-state index contributed by atoms with van der Waals surface area (Å²) in [5, 5.41) is 19.2. The van der Waals surface area contributed by atoms with Gasteiger partial charge in [-0.3, -0.25) is 0 Å². The lowest BCUT2D eigenvalue weighted by molar-refractivity contribution is 0.204. The van der Waals surface area contributed by atoms with Gasteiger partial charge in [-0.15, -0.1) is 10.2 Å². The van der Waals surface area contributed by atoms with Gasteiger partial charge in [0.2, 0.25) is 0 Å². The number of rotatable bonds is 7. The molecule has 1 heterocycles. The fourth-order valence-electron chi connectivity index (χ4n) is 1.95. The van der Waals surface area contributed by atoms with Crippen molar-refractivity contribution in [1.82, 2.24) is 14.8 Å². The van der Waals surface area contributed by atoms with Gasteiger partial charge in [-0.05, 0) is 12.0 Å². The molecule has 20 heavy (non-hydrogen) atoms. The van der Waals surface area contributed by atoms with Gasteiger partial charge < -0.3 is 15.4 Å². The first-order valence-corrected chi connectivity index (χ1v) is 7.72. The molecule has 0 aliphatic rings. The molecule has 5 nitrogen and oxygen atoms in total. The van der Waals surface area contributed by atoms with Crippen LogP contribution in [0.4, 0.5) is 0 Å². The molecule has 0 saturated carbocycles. The molecular weight excluding hydrogens is 272 g/mol. The number of aliphatic hydroxyl groups excluding tert-OH is 1. The number of hydrogen-bond acceptors (Lipinski definition) is 5. The third-order valence-corrected chi connectivity index (χ3v) is 4.02. The van der Waals surface area contributed by atoms with Crippen LogP contribution in [-0.4, -0.2) is 25.6 Å². The number of nitrogens with zero attached hydrogens (tertiary/aromatic N) is 3. The zero-order valence-electron chi connectivity index (χ0n) is 11.6. The molecule has 0 amide bonds. The minimum atomic E-state index is -0.505. The van der Waals surface area contributed by atoms with E-state index in [2.05, 4.69) is 17.1 Å². The van der Waals surface area contributed by atoms with Crippen LogP contribution in [0.5, 0.6) is 0 Å². The van der Waals surface area contributed by atoms with Crippen molar-refractivity contribution in [2.45, 2.75) is 37.7 Å². The summed E-state index contributed by atoms with van der Waals surface area (Å²) < 4.78 is 2.03. The Morgan fingerprint density at radius 3 is 2.70 bits per heavy atom. The van der Waals surface area contributed by atoms with Crippen LogP contribution >= 0.6 is 11.8 Å². The first-order valence-electron chi connectivity index (χ1n) is 6.74. The van der Waals surface area contributed by atoms with Gasteiger partial charge >= 0.3 is 0 Å². The summed E-state index contributed by atoms with van der Waals surface area (Å²) in [5.74, 6) is 1.35. The SMILES string of the molecule is CCCn1c(CN)nnc1SCC(O)c1ccccc1. The quantitative estimate of drug-likeness (QED) is 0.763. The Kier molecular flexibility index (Phi) is 5.58. The Morgan fingerprint density at radius 1 is 1.30 bits per heavy atom. The molecule has 0 spiro atoms. The zero-order valence-corrected chi connectivity index (χ0v) is 12.4. The van der Waals surface area contributed by atoms with Gasteiger partial charge in [0.25, 0.3) is 0 Å². The van der Waals surface area contributed by atoms with Crippen LogP contribution < -0.4 is 5.73 Å². The summed E-state index contributed by atoms with van der Waals surface area (Å²) in [5.41, 5.74) is 6.58. The molecule has 1 aromatic carbocycles. The van der Waals surface area contributed by atoms with Crippen molar-refractivity contribution in [3.63, 3.8) is 0 Å². The van der Waals surface area contributed by atoms with Crippen LogP contribution in [-0.2, 0) is 13.1 Å². The van der Waals surface area contributed by atoms with Crippen molar-refractivity contribution in [2.75, 3.05) is 5.75 Å². The van der Waals surface area contributed by atoms with Gasteiger partial charge in [-0.2, -0.15) is 0 Å². The summed E-state index contributed by atoms with van der Waals surface area (Å²) >= 11 is 1.51. The average molecular weight is 292 g/mol. The van der Waals surface area contributed by atoms with Crippen LogP contribution in [0.3, 0.4) is 0 Å². The summed E-state index contributed by atoms with van der Waals surface area (Å²) in [7, 11) is 0. The number of aliphatic hydroxyl groups is 1. The topological polar surface area (TPSA) is 77.0 Å². The smallest absolute Gasteiger partial charge is 0.191 e. The largest absolute Gasteiger partial charge is 0.388 e. The van der Waals surface area contributed by atoms with Crippen molar-refractivity contribution < 1.29 is 5.11 Å². The Bertz CT molecular complexity index is 529. The molecule has 0 aliphatic heterocycles. The van der Waals surface area contributed by atoms with Crippen LogP contribution in [0.1, 0.15) is 30.8 Å². The van der Waals surface area contributed by atoms with Crippen molar-refractivity contribution in [3.8, 4) is 0 Å². The number of hydrogen-bond donors (Lipinski definition) is 2. The van der Waals surface area contributed by atoms with Gasteiger partial charge in [0, 0.05) is 12.3 Å². The summed E-state index contributed by atoms with van der Waals surface area (Å²) in [6.07, 6.45) is 0.495. The van der Waals surface area contributed by atoms with E-state index in [0.717, 1.165) is 29.5 Å². The molecule has 0 saturated heterocycles. The molecule has 2 rings (SSSR count). The highest BCUT2D eigenvalue weighted by Crippen LogP contribution is 2.24. The van der Waals surface area contributed by atoms with Crippen molar-refractivity contribution in [1.29, 1.82) is 0 Å². The van der Waals surface area contributed by atoms with Gasteiger partial charge in [0.15, 0.2) is 5.16 Å². The highest BCUT2D eigenvalue weighted by atomic mass is 32.2. The highest BCUT2D eigenvalue weighted by Gasteiger charge is 2.14. The van der Waals surface area contributed by atoms with Crippen LogP contribution in [0.2, 0.25) is 0 Å². The van der Waals surface area contributed by atoms with Gasteiger partial charge in [0.1, 0.15) is 5.82 Å². The van der Waals surface area contributed by atoms with Crippen molar-refractivity contribution in [3.05, 3.63) is 41.7 Å². The Balaban J connectivity index is 2.02. The monoisotopic (exact) mass is 292 g/mol. The Morgan fingerprint density at radius 2 is 2.05 bits per heavy atom. The fraction of sp³-hybridized carbons (Fsp3) is 0.429. The number of nitrogens with two attached hydrogens (primary N) is 1. The van der Waals surface area contributed by atoms with E-state index in [0.29, 0.717) is 12.3 Å². The fourth-order valence-corrected chi connectivity index (χ4v) is 2.90. The first kappa shape index (κ1) is 15.0.